The summed E-state index contributed by atoms with van der Waals surface area (Å²) in [5.74, 6) is -1.64. The van der Waals surface area contributed by atoms with Crippen molar-refractivity contribution in [2.45, 2.75) is 24.9 Å². The van der Waals surface area contributed by atoms with Gasteiger partial charge in [-0.05, 0) is 25.0 Å². The van der Waals surface area contributed by atoms with Crippen molar-refractivity contribution in [2.75, 3.05) is 31.6 Å². The second-order valence-electron chi connectivity index (χ2n) is 8.43. The average Bonchev–Trinajstić information content (AvgIpc) is 3.51. The SMILES string of the molecule is COC(=O)c1cn(C2CC2)c2cc(N3CCNCC3C(=O)C3C=CC=C3)c(F)cc2c1=O. The van der Waals surface area contributed by atoms with Gasteiger partial charge < -0.3 is 19.5 Å². The second-order valence-corrected chi connectivity index (χ2v) is 8.43. The maximum atomic E-state index is 15.4. The molecule has 1 aromatic carbocycles. The number of anilines is 1. The van der Waals surface area contributed by atoms with E-state index in [1.54, 1.807) is 11.0 Å². The number of pyridine rings is 1. The standard InChI is InChI=1S/C24H24FN3O4/c1-32-24(31)17-13-28(15-6-7-15)19-11-20(18(25)10-16(19)23(17)30)27-9-8-26-12-21(27)22(29)14-4-2-3-5-14/h2-5,10-11,13-15,21,26H,6-9,12H2,1H3. The molecular weight excluding hydrogens is 413 g/mol. The van der Waals surface area contributed by atoms with Crippen molar-refractivity contribution in [1.82, 2.24) is 9.88 Å². The van der Waals surface area contributed by atoms with Crippen LogP contribution in [0.4, 0.5) is 10.1 Å². The third-order valence-corrected chi connectivity index (χ3v) is 6.40. The number of esters is 1. The zero-order chi connectivity index (χ0) is 22.4. The lowest BCUT2D eigenvalue weighted by Crippen LogP contribution is -2.56. The molecule has 5 rings (SSSR count). The molecule has 1 N–H and O–H groups in total. The quantitative estimate of drug-likeness (QED) is 0.724. The number of nitrogens with one attached hydrogen (secondary N) is 1. The van der Waals surface area contributed by atoms with Gasteiger partial charge in [0.25, 0.3) is 0 Å². The molecule has 0 radical (unpaired) electrons. The first-order valence-corrected chi connectivity index (χ1v) is 10.8. The van der Waals surface area contributed by atoms with Crippen LogP contribution in [0, 0.1) is 11.7 Å². The van der Waals surface area contributed by atoms with Crippen LogP contribution >= 0.6 is 0 Å². The van der Waals surface area contributed by atoms with Crippen LogP contribution in [0.25, 0.3) is 10.9 Å². The molecule has 1 saturated heterocycles. The molecule has 1 aromatic heterocycles. The van der Waals surface area contributed by atoms with Crippen molar-refractivity contribution in [1.29, 1.82) is 0 Å². The highest BCUT2D eigenvalue weighted by Crippen LogP contribution is 2.38. The largest absolute Gasteiger partial charge is 0.465 e. The number of hydrogen-bond acceptors (Lipinski definition) is 6. The zero-order valence-electron chi connectivity index (χ0n) is 17.7. The Balaban J connectivity index is 1.63. The topological polar surface area (TPSA) is 80.6 Å². The molecule has 1 aliphatic heterocycles. The smallest absolute Gasteiger partial charge is 0.343 e. The van der Waals surface area contributed by atoms with E-state index in [0.717, 1.165) is 12.8 Å². The van der Waals surface area contributed by atoms with E-state index in [4.69, 9.17) is 4.74 Å². The molecule has 8 heteroatoms. The monoisotopic (exact) mass is 437 g/mol. The number of Topliss-reactive ketones (excluding diaryl/α,β-unsaturated/α-hetero) is 1. The number of piperazine rings is 1. The molecule has 0 spiro atoms. The number of aromatic nitrogens is 1. The van der Waals surface area contributed by atoms with Crippen molar-refractivity contribution in [2.24, 2.45) is 5.92 Å². The molecule has 1 saturated carbocycles. The first-order valence-electron chi connectivity index (χ1n) is 10.8. The van der Waals surface area contributed by atoms with Crippen molar-refractivity contribution < 1.29 is 18.7 Å². The van der Waals surface area contributed by atoms with E-state index in [0.29, 0.717) is 30.8 Å². The first kappa shape index (κ1) is 20.6. The van der Waals surface area contributed by atoms with Gasteiger partial charge in [0.1, 0.15) is 17.4 Å². The predicted octanol–water partition coefficient (Wildman–Crippen LogP) is 2.35. The minimum absolute atomic E-state index is 0.00215. The molecule has 1 atom stereocenters. The van der Waals surface area contributed by atoms with Crippen LogP contribution in [0.3, 0.4) is 0 Å². The molecule has 0 amide bonds. The number of ketones is 1. The number of methoxy groups -OCH3 is 1. The van der Waals surface area contributed by atoms with Gasteiger partial charge in [0, 0.05) is 37.3 Å². The summed E-state index contributed by atoms with van der Waals surface area (Å²) >= 11 is 0. The number of nitrogens with zero attached hydrogens (tertiary/aromatic N) is 2. The number of rotatable bonds is 5. The molecule has 2 aliphatic carbocycles. The second kappa shape index (κ2) is 8.02. The predicted molar refractivity (Wildman–Crippen MR) is 119 cm³/mol. The van der Waals surface area contributed by atoms with E-state index in [1.807, 2.05) is 28.9 Å². The Morgan fingerprint density at radius 3 is 2.62 bits per heavy atom. The van der Waals surface area contributed by atoms with Crippen molar-refractivity contribution >= 4 is 28.3 Å². The fourth-order valence-corrected chi connectivity index (χ4v) is 4.58. The van der Waals surface area contributed by atoms with E-state index in [2.05, 4.69) is 5.32 Å². The molecule has 1 unspecified atom stereocenters. The van der Waals surface area contributed by atoms with E-state index in [-0.39, 0.29) is 28.7 Å². The van der Waals surface area contributed by atoms with E-state index in [1.165, 1.54) is 19.4 Å². The van der Waals surface area contributed by atoms with Crippen molar-refractivity contribution in [3.63, 3.8) is 0 Å². The molecule has 3 aliphatic rings. The summed E-state index contributed by atoms with van der Waals surface area (Å²) in [7, 11) is 1.22. The highest BCUT2D eigenvalue weighted by molar-refractivity contribution is 5.96. The van der Waals surface area contributed by atoms with Gasteiger partial charge in [0.2, 0.25) is 5.43 Å². The zero-order valence-corrected chi connectivity index (χ0v) is 17.7. The maximum Gasteiger partial charge on any atom is 0.343 e. The van der Waals surface area contributed by atoms with E-state index < -0.39 is 23.3 Å². The summed E-state index contributed by atoms with van der Waals surface area (Å²) in [4.78, 5) is 40.0. The number of halogens is 1. The Morgan fingerprint density at radius 2 is 1.94 bits per heavy atom. The van der Waals surface area contributed by atoms with Gasteiger partial charge in [0.05, 0.1) is 24.2 Å². The third kappa shape index (κ3) is 3.44. The third-order valence-electron chi connectivity index (χ3n) is 6.40. The number of carbonyl (C=O) groups excluding carboxylic acids is 2. The van der Waals surface area contributed by atoms with Gasteiger partial charge in [-0.25, -0.2) is 9.18 Å². The fourth-order valence-electron chi connectivity index (χ4n) is 4.58. The maximum absolute atomic E-state index is 15.4. The Hall–Kier alpha value is -3.26. The summed E-state index contributed by atoms with van der Waals surface area (Å²) in [6.45, 7) is 1.51. The normalized spacial score (nSPS) is 20.8. The summed E-state index contributed by atoms with van der Waals surface area (Å²) in [6.07, 6.45) is 10.7. The lowest BCUT2D eigenvalue weighted by Gasteiger charge is -2.38. The van der Waals surface area contributed by atoms with Gasteiger partial charge in [-0.15, -0.1) is 0 Å². The molecule has 2 heterocycles. The lowest BCUT2D eigenvalue weighted by molar-refractivity contribution is -0.121. The molecule has 7 nitrogen and oxygen atoms in total. The Bertz CT molecular complexity index is 1220. The van der Waals surface area contributed by atoms with Crippen molar-refractivity contribution in [3.8, 4) is 0 Å². The van der Waals surface area contributed by atoms with Gasteiger partial charge in [-0.3, -0.25) is 9.59 Å². The molecule has 2 aromatic rings. The Morgan fingerprint density at radius 1 is 1.19 bits per heavy atom. The summed E-state index contributed by atoms with van der Waals surface area (Å²) in [6, 6.07) is 2.46. The van der Waals surface area contributed by atoms with Gasteiger partial charge in [0.15, 0.2) is 5.78 Å². The number of hydrogen-bond donors (Lipinski definition) is 1. The van der Waals surface area contributed by atoms with Crippen LogP contribution in [-0.2, 0) is 9.53 Å². The summed E-state index contributed by atoms with van der Waals surface area (Å²) in [5.41, 5.74) is 0.201. The first-order chi connectivity index (χ1) is 15.5. The molecule has 32 heavy (non-hydrogen) atoms. The highest BCUT2D eigenvalue weighted by Gasteiger charge is 2.34. The van der Waals surface area contributed by atoms with Crippen LogP contribution in [0.1, 0.15) is 29.2 Å². The number of allylic oxidation sites excluding steroid dienone is 4. The lowest BCUT2D eigenvalue weighted by atomic mass is 9.96. The Kier molecular flexibility index (Phi) is 5.17. The molecule has 166 valence electrons. The van der Waals surface area contributed by atoms with Gasteiger partial charge >= 0.3 is 5.97 Å². The van der Waals surface area contributed by atoms with E-state index >= 15 is 4.39 Å². The fraction of sp³-hybridized carbons (Fsp3) is 0.375. The number of fused-ring (bicyclic) bond motifs is 1. The summed E-state index contributed by atoms with van der Waals surface area (Å²) < 4.78 is 22.0. The van der Waals surface area contributed by atoms with Gasteiger partial charge in [-0.2, -0.15) is 0 Å². The van der Waals surface area contributed by atoms with Crippen LogP contribution in [-0.4, -0.2) is 49.1 Å². The number of benzene rings is 1. The van der Waals surface area contributed by atoms with E-state index in [9.17, 15) is 14.4 Å². The number of ether oxygens (including phenoxy) is 1. The molecule has 2 fully saturated rings. The minimum Gasteiger partial charge on any atom is -0.465 e. The van der Waals surface area contributed by atoms with Crippen LogP contribution in [0.5, 0.6) is 0 Å². The molecular formula is C24H24FN3O4. The highest BCUT2D eigenvalue weighted by atomic mass is 19.1. The van der Waals surface area contributed by atoms with Crippen LogP contribution < -0.4 is 15.6 Å². The summed E-state index contributed by atoms with van der Waals surface area (Å²) in [5, 5.41) is 3.37. The average molecular weight is 437 g/mol. The number of carbonyl (C=O) groups is 2. The van der Waals surface area contributed by atoms with Crippen LogP contribution in [0.2, 0.25) is 0 Å². The van der Waals surface area contributed by atoms with Crippen molar-refractivity contribution in [3.05, 3.63) is 64.2 Å². The molecule has 0 bridgehead atoms. The minimum atomic E-state index is -0.735. The van der Waals surface area contributed by atoms with Gasteiger partial charge in [-0.1, -0.05) is 24.3 Å². The van der Waals surface area contributed by atoms with Crippen LogP contribution in [0.15, 0.2) is 47.4 Å². The Labute approximate surface area is 184 Å².